The third kappa shape index (κ3) is 2.06. The van der Waals surface area contributed by atoms with Crippen LogP contribution in [0.5, 0.6) is 0 Å². The Balaban J connectivity index is 2.34. The van der Waals surface area contributed by atoms with E-state index in [9.17, 15) is 5.11 Å². The smallest absolute Gasteiger partial charge is 0.159 e. The van der Waals surface area contributed by atoms with Crippen LogP contribution in [0, 0.1) is 0 Å². The minimum absolute atomic E-state index is 0.222. The van der Waals surface area contributed by atoms with Gasteiger partial charge in [0.15, 0.2) is 5.82 Å². The lowest BCUT2D eigenvalue weighted by Gasteiger charge is -2.09. The lowest BCUT2D eigenvalue weighted by molar-refractivity contribution is -0.213. The standard InChI is InChI=1S/C12H11N3O/c1-13-12(16)10-5-3-9(4-6-10)11-14-7-2-8-15-11/h2-8H,1H3,(H,13,16)/p-1. The Morgan fingerprint density at radius 2 is 1.75 bits per heavy atom. The molecular formula is C12H10N3O-. The maximum Gasteiger partial charge on any atom is 0.159 e. The van der Waals surface area contributed by atoms with Gasteiger partial charge in [-0.25, -0.2) is 9.97 Å². The van der Waals surface area contributed by atoms with E-state index in [1.807, 2.05) is 12.1 Å². The van der Waals surface area contributed by atoms with Gasteiger partial charge in [0.05, 0.1) is 0 Å². The third-order valence-corrected chi connectivity index (χ3v) is 2.16. The topological polar surface area (TPSA) is 61.2 Å². The molecule has 2 rings (SSSR count). The van der Waals surface area contributed by atoms with Crippen molar-refractivity contribution in [3.8, 4) is 11.4 Å². The Bertz CT molecular complexity index is 491. The van der Waals surface area contributed by atoms with Crippen LogP contribution in [0.2, 0.25) is 0 Å². The van der Waals surface area contributed by atoms with Crippen molar-refractivity contribution < 1.29 is 5.11 Å². The maximum atomic E-state index is 11.3. The molecular weight excluding hydrogens is 202 g/mol. The SMILES string of the molecule is CN=C([O-])c1ccc(-c2ncccn2)cc1. The van der Waals surface area contributed by atoms with Crippen LogP contribution in [0.25, 0.3) is 11.4 Å². The molecule has 0 bridgehead atoms. The van der Waals surface area contributed by atoms with Crippen LogP contribution in [0.15, 0.2) is 47.7 Å². The average Bonchev–Trinajstić information content (AvgIpc) is 2.39. The van der Waals surface area contributed by atoms with E-state index in [4.69, 9.17) is 0 Å². The summed E-state index contributed by atoms with van der Waals surface area (Å²) in [6.45, 7) is 0. The first-order chi connectivity index (χ1) is 7.81. The summed E-state index contributed by atoms with van der Waals surface area (Å²) in [6.07, 6.45) is 3.37. The highest BCUT2D eigenvalue weighted by molar-refractivity contribution is 5.90. The molecule has 0 saturated carbocycles. The zero-order valence-electron chi connectivity index (χ0n) is 8.79. The lowest BCUT2D eigenvalue weighted by Crippen LogP contribution is -2.18. The van der Waals surface area contributed by atoms with Crippen molar-refractivity contribution in [1.29, 1.82) is 0 Å². The van der Waals surface area contributed by atoms with Crippen molar-refractivity contribution in [2.45, 2.75) is 0 Å². The quantitative estimate of drug-likeness (QED) is 0.548. The zero-order chi connectivity index (χ0) is 11.4. The minimum Gasteiger partial charge on any atom is -0.859 e. The number of nitrogens with zero attached hydrogens (tertiary/aromatic N) is 3. The first-order valence-electron chi connectivity index (χ1n) is 4.83. The molecule has 0 aliphatic carbocycles. The van der Waals surface area contributed by atoms with E-state index >= 15 is 0 Å². The van der Waals surface area contributed by atoms with Gasteiger partial charge < -0.3 is 10.1 Å². The van der Waals surface area contributed by atoms with E-state index in [1.54, 1.807) is 30.6 Å². The van der Waals surface area contributed by atoms with Gasteiger partial charge in [-0.3, -0.25) is 0 Å². The van der Waals surface area contributed by atoms with Crippen molar-refractivity contribution in [3.63, 3.8) is 0 Å². The molecule has 0 N–H and O–H groups in total. The second-order valence-electron chi connectivity index (χ2n) is 3.18. The van der Waals surface area contributed by atoms with Crippen LogP contribution in [0.3, 0.4) is 0 Å². The summed E-state index contributed by atoms with van der Waals surface area (Å²) in [7, 11) is 1.48. The van der Waals surface area contributed by atoms with E-state index in [1.165, 1.54) is 7.05 Å². The van der Waals surface area contributed by atoms with Crippen LogP contribution in [-0.4, -0.2) is 22.9 Å². The number of hydrogen-bond acceptors (Lipinski definition) is 4. The molecule has 4 nitrogen and oxygen atoms in total. The highest BCUT2D eigenvalue weighted by Crippen LogP contribution is 2.14. The fraction of sp³-hybridized carbons (Fsp3) is 0.0833. The molecule has 16 heavy (non-hydrogen) atoms. The Morgan fingerprint density at radius 3 is 2.31 bits per heavy atom. The number of aromatic nitrogens is 2. The summed E-state index contributed by atoms with van der Waals surface area (Å²) >= 11 is 0. The molecule has 0 unspecified atom stereocenters. The Labute approximate surface area is 93.3 Å². The number of rotatable bonds is 2. The highest BCUT2D eigenvalue weighted by Gasteiger charge is 1.99. The predicted molar refractivity (Wildman–Crippen MR) is 59.9 cm³/mol. The van der Waals surface area contributed by atoms with E-state index in [0.717, 1.165) is 5.56 Å². The molecule has 0 saturated heterocycles. The monoisotopic (exact) mass is 212 g/mol. The van der Waals surface area contributed by atoms with Crippen molar-refractivity contribution in [3.05, 3.63) is 48.3 Å². The van der Waals surface area contributed by atoms with E-state index < -0.39 is 0 Å². The van der Waals surface area contributed by atoms with Crippen LogP contribution in [0.1, 0.15) is 5.56 Å². The number of benzene rings is 1. The average molecular weight is 212 g/mol. The number of aliphatic imine (C=N–C) groups is 1. The second-order valence-corrected chi connectivity index (χ2v) is 3.18. The predicted octanol–water partition coefficient (Wildman–Crippen LogP) is 0.880. The van der Waals surface area contributed by atoms with E-state index in [0.29, 0.717) is 11.4 Å². The summed E-state index contributed by atoms with van der Waals surface area (Å²) < 4.78 is 0. The zero-order valence-corrected chi connectivity index (χ0v) is 8.79. The number of hydrogen-bond donors (Lipinski definition) is 0. The van der Waals surface area contributed by atoms with E-state index in [2.05, 4.69) is 15.0 Å². The molecule has 0 radical (unpaired) electrons. The van der Waals surface area contributed by atoms with Crippen LogP contribution < -0.4 is 5.11 Å². The lowest BCUT2D eigenvalue weighted by atomic mass is 10.1. The van der Waals surface area contributed by atoms with Gasteiger partial charge in [-0.05, 0) is 17.5 Å². The van der Waals surface area contributed by atoms with Gasteiger partial charge in [0.1, 0.15) is 0 Å². The maximum absolute atomic E-state index is 11.3. The summed E-state index contributed by atoms with van der Waals surface area (Å²) in [5.41, 5.74) is 1.45. The summed E-state index contributed by atoms with van der Waals surface area (Å²) in [5.74, 6) is 0.426. The first-order valence-corrected chi connectivity index (χ1v) is 4.83. The fourth-order valence-corrected chi connectivity index (χ4v) is 1.34. The molecule has 1 heterocycles. The van der Waals surface area contributed by atoms with Gasteiger partial charge in [0, 0.05) is 25.0 Å². The molecule has 0 aliphatic heterocycles. The molecule has 0 atom stereocenters. The molecule has 0 spiro atoms. The highest BCUT2D eigenvalue weighted by atomic mass is 16.3. The normalized spacial score (nSPS) is 11.4. The van der Waals surface area contributed by atoms with E-state index in [-0.39, 0.29) is 5.90 Å². The Morgan fingerprint density at radius 1 is 1.12 bits per heavy atom. The van der Waals surface area contributed by atoms with Gasteiger partial charge >= 0.3 is 0 Å². The van der Waals surface area contributed by atoms with Crippen LogP contribution in [0.4, 0.5) is 0 Å². The summed E-state index contributed by atoms with van der Waals surface area (Å²) in [4.78, 5) is 11.8. The molecule has 2 aromatic rings. The first kappa shape index (κ1) is 10.3. The summed E-state index contributed by atoms with van der Waals surface area (Å²) in [6, 6.07) is 8.83. The summed E-state index contributed by atoms with van der Waals surface area (Å²) in [5, 5.41) is 11.3. The van der Waals surface area contributed by atoms with Crippen molar-refractivity contribution in [2.24, 2.45) is 4.99 Å². The van der Waals surface area contributed by atoms with Gasteiger partial charge in [-0.1, -0.05) is 24.3 Å². The van der Waals surface area contributed by atoms with Crippen molar-refractivity contribution in [2.75, 3.05) is 7.05 Å². The molecule has 1 aromatic heterocycles. The Hall–Kier alpha value is -2.23. The van der Waals surface area contributed by atoms with Gasteiger partial charge in [0.25, 0.3) is 0 Å². The molecule has 0 aliphatic rings. The van der Waals surface area contributed by atoms with Crippen molar-refractivity contribution in [1.82, 2.24) is 9.97 Å². The van der Waals surface area contributed by atoms with Gasteiger partial charge in [-0.15, -0.1) is 0 Å². The van der Waals surface area contributed by atoms with Crippen LogP contribution >= 0.6 is 0 Å². The molecule has 80 valence electrons. The fourth-order valence-electron chi connectivity index (χ4n) is 1.34. The van der Waals surface area contributed by atoms with Crippen LogP contribution in [-0.2, 0) is 0 Å². The van der Waals surface area contributed by atoms with Gasteiger partial charge in [0.2, 0.25) is 0 Å². The molecule has 4 heteroatoms. The largest absolute Gasteiger partial charge is 0.859 e. The molecule has 0 fully saturated rings. The third-order valence-electron chi connectivity index (χ3n) is 2.16. The molecule has 0 amide bonds. The van der Waals surface area contributed by atoms with Crippen molar-refractivity contribution >= 4 is 5.90 Å². The Kier molecular flexibility index (Phi) is 2.91. The molecule has 1 aromatic carbocycles. The second kappa shape index (κ2) is 4.53. The minimum atomic E-state index is -0.222. The van der Waals surface area contributed by atoms with Gasteiger partial charge in [-0.2, -0.15) is 0 Å².